The molecule has 0 saturated carbocycles. The molecule has 4 heteroatoms. The van der Waals surface area contributed by atoms with Gasteiger partial charge < -0.3 is 10.1 Å². The fourth-order valence-corrected chi connectivity index (χ4v) is 2.65. The van der Waals surface area contributed by atoms with Crippen molar-refractivity contribution < 1.29 is 9.53 Å². The molecule has 2 heterocycles. The van der Waals surface area contributed by atoms with E-state index in [4.69, 9.17) is 4.74 Å². The second kappa shape index (κ2) is 5.82. The van der Waals surface area contributed by atoms with E-state index in [1.165, 1.54) is 5.56 Å². The first-order valence-electron chi connectivity index (χ1n) is 7.45. The van der Waals surface area contributed by atoms with E-state index in [2.05, 4.69) is 42.3 Å². The Kier molecular flexibility index (Phi) is 3.88. The zero-order valence-corrected chi connectivity index (χ0v) is 12.4. The summed E-state index contributed by atoms with van der Waals surface area (Å²) in [5.74, 6) is 0.397. The van der Waals surface area contributed by atoms with Crippen LogP contribution in [0.15, 0.2) is 30.6 Å². The standard InChI is InChI=1S/C17H20N2O2/c1-11(2)12-5-6-14-13(8-12)9-18-10-15(14)19-17(20)16-4-3-7-21-16/h5-6,8-11,16H,3-4,7H2,1-2H3,(H,19,20). The molecule has 1 unspecified atom stereocenters. The van der Waals surface area contributed by atoms with Gasteiger partial charge in [-0.25, -0.2) is 0 Å². The van der Waals surface area contributed by atoms with Gasteiger partial charge in [0.2, 0.25) is 0 Å². The lowest BCUT2D eigenvalue weighted by Gasteiger charge is -2.13. The predicted octanol–water partition coefficient (Wildman–Crippen LogP) is 3.48. The van der Waals surface area contributed by atoms with Crippen molar-refractivity contribution in [1.29, 1.82) is 0 Å². The maximum absolute atomic E-state index is 12.2. The van der Waals surface area contributed by atoms with E-state index in [1.54, 1.807) is 6.20 Å². The smallest absolute Gasteiger partial charge is 0.253 e. The van der Waals surface area contributed by atoms with Gasteiger partial charge >= 0.3 is 0 Å². The number of carbonyl (C=O) groups is 1. The summed E-state index contributed by atoms with van der Waals surface area (Å²) in [7, 11) is 0. The molecule has 1 aliphatic heterocycles. The summed E-state index contributed by atoms with van der Waals surface area (Å²) in [6.07, 6.45) is 4.95. The normalized spacial score (nSPS) is 18.3. The van der Waals surface area contributed by atoms with E-state index < -0.39 is 0 Å². The molecule has 2 aromatic rings. The first-order valence-corrected chi connectivity index (χ1v) is 7.45. The number of anilines is 1. The molecular formula is C17H20N2O2. The highest BCUT2D eigenvalue weighted by molar-refractivity contribution is 6.03. The van der Waals surface area contributed by atoms with E-state index >= 15 is 0 Å². The molecule has 1 N–H and O–H groups in total. The third-order valence-corrected chi connectivity index (χ3v) is 3.93. The first kappa shape index (κ1) is 14.0. The van der Waals surface area contributed by atoms with Crippen molar-refractivity contribution in [2.45, 2.75) is 38.7 Å². The molecule has 110 valence electrons. The summed E-state index contributed by atoms with van der Waals surface area (Å²) >= 11 is 0. The number of hydrogen-bond acceptors (Lipinski definition) is 3. The van der Waals surface area contributed by atoms with Crippen molar-refractivity contribution in [3.05, 3.63) is 36.2 Å². The molecule has 1 aliphatic rings. The maximum atomic E-state index is 12.2. The third kappa shape index (κ3) is 2.90. The third-order valence-electron chi connectivity index (χ3n) is 3.93. The number of rotatable bonds is 3. The van der Waals surface area contributed by atoms with Crippen LogP contribution in [0.3, 0.4) is 0 Å². The van der Waals surface area contributed by atoms with Crippen LogP contribution in [-0.2, 0) is 9.53 Å². The Bertz CT molecular complexity index is 661. The molecule has 1 amide bonds. The summed E-state index contributed by atoms with van der Waals surface area (Å²) in [5, 5.41) is 5.01. The average molecular weight is 284 g/mol. The molecule has 1 fully saturated rings. The number of carbonyl (C=O) groups excluding carboxylic acids is 1. The Hall–Kier alpha value is -1.94. The van der Waals surface area contributed by atoms with Crippen molar-refractivity contribution in [2.75, 3.05) is 11.9 Å². The topological polar surface area (TPSA) is 51.2 Å². The summed E-state index contributed by atoms with van der Waals surface area (Å²) < 4.78 is 5.42. The molecule has 0 aliphatic carbocycles. The van der Waals surface area contributed by atoms with Gasteiger partial charge in [-0.1, -0.05) is 26.0 Å². The van der Waals surface area contributed by atoms with Crippen LogP contribution in [0, 0.1) is 0 Å². The van der Waals surface area contributed by atoms with Gasteiger partial charge in [0.05, 0.1) is 11.9 Å². The Morgan fingerprint density at radius 1 is 1.38 bits per heavy atom. The monoisotopic (exact) mass is 284 g/mol. The van der Waals surface area contributed by atoms with Gasteiger partial charge in [-0.15, -0.1) is 0 Å². The Balaban J connectivity index is 1.89. The Labute approximate surface area is 124 Å². The summed E-state index contributed by atoms with van der Waals surface area (Å²) in [6, 6.07) is 6.29. The van der Waals surface area contributed by atoms with Crippen LogP contribution in [-0.4, -0.2) is 23.6 Å². The zero-order valence-electron chi connectivity index (χ0n) is 12.4. The minimum absolute atomic E-state index is 0.0743. The molecule has 0 bridgehead atoms. The van der Waals surface area contributed by atoms with Gasteiger partial charge in [0.1, 0.15) is 6.10 Å². The van der Waals surface area contributed by atoms with E-state index in [1.807, 2.05) is 6.20 Å². The number of pyridine rings is 1. The summed E-state index contributed by atoms with van der Waals surface area (Å²) in [6.45, 7) is 5.00. The lowest BCUT2D eigenvalue weighted by Crippen LogP contribution is -2.27. The molecule has 0 spiro atoms. The van der Waals surface area contributed by atoms with Gasteiger partial charge in [0.15, 0.2) is 0 Å². The van der Waals surface area contributed by atoms with Gasteiger partial charge in [-0.05, 0) is 30.4 Å². The largest absolute Gasteiger partial charge is 0.368 e. The Morgan fingerprint density at radius 3 is 2.95 bits per heavy atom. The minimum atomic E-state index is -0.324. The second-order valence-electron chi connectivity index (χ2n) is 5.81. The van der Waals surface area contributed by atoms with Gasteiger partial charge in [-0.3, -0.25) is 9.78 Å². The van der Waals surface area contributed by atoms with E-state index in [-0.39, 0.29) is 12.0 Å². The molecule has 4 nitrogen and oxygen atoms in total. The molecule has 1 aromatic carbocycles. The van der Waals surface area contributed by atoms with Crippen molar-refractivity contribution in [2.24, 2.45) is 0 Å². The zero-order chi connectivity index (χ0) is 14.8. The Morgan fingerprint density at radius 2 is 2.24 bits per heavy atom. The van der Waals surface area contributed by atoms with Crippen molar-refractivity contribution in [1.82, 2.24) is 4.98 Å². The number of benzene rings is 1. The van der Waals surface area contributed by atoms with Crippen LogP contribution in [0.4, 0.5) is 5.69 Å². The number of hydrogen-bond donors (Lipinski definition) is 1. The van der Waals surface area contributed by atoms with E-state index in [9.17, 15) is 4.79 Å². The lowest BCUT2D eigenvalue weighted by atomic mass is 10.00. The first-order chi connectivity index (χ1) is 10.1. The van der Waals surface area contributed by atoms with Gasteiger partial charge in [-0.2, -0.15) is 0 Å². The number of nitrogens with zero attached hydrogens (tertiary/aromatic N) is 1. The molecular weight excluding hydrogens is 264 g/mol. The molecule has 21 heavy (non-hydrogen) atoms. The predicted molar refractivity (Wildman–Crippen MR) is 83.4 cm³/mol. The number of amides is 1. The van der Waals surface area contributed by atoms with Crippen LogP contribution in [0.1, 0.15) is 38.2 Å². The fourth-order valence-electron chi connectivity index (χ4n) is 2.65. The van der Waals surface area contributed by atoms with Crippen LogP contribution in [0.25, 0.3) is 10.8 Å². The highest BCUT2D eigenvalue weighted by Gasteiger charge is 2.24. The average Bonchev–Trinajstić information content (AvgIpc) is 3.01. The number of nitrogens with one attached hydrogen (secondary N) is 1. The fraction of sp³-hybridized carbons (Fsp3) is 0.412. The molecule has 1 saturated heterocycles. The second-order valence-corrected chi connectivity index (χ2v) is 5.81. The van der Waals surface area contributed by atoms with Crippen LogP contribution < -0.4 is 5.32 Å². The van der Waals surface area contributed by atoms with Crippen LogP contribution in [0.2, 0.25) is 0 Å². The maximum Gasteiger partial charge on any atom is 0.253 e. The quantitative estimate of drug-likeness (QED) is 0.938. The SMILES string of the molecule is CC(C)c1ccc2c(NC(=O)C3CCCO3)cncc2c1. The van der Waals surface area contributed by atoms with Gasteiger partial charge in [0.25, 0.3) is 5.91 Å². The molecule has 1 aromatic heterocycles. The van der Waals surface area contributed by atoms with E-state index in [0.29, 0.717) is 12.5 Å². The van der Waals surface area contributed by atoms with Crippen molar-refractivity contribution in [3.8, 4) is 0 Å². The van der Waals surface area contributed by atoms with Gasteiger partial charge in [0, 0.05) is 23.6 Å². The van der Waals surface area contributed by atoms with Crippen molar-refractivity contribution >= 4 is 22.4 Å². The highest BCUT2D eigenvalue weighted by Crippen LogP contribution is 2.26. The van der Waals surface area contributed by atoms with Crippen LogP contribution in [0.5, 0.6) is 0 Å². The highest BCUT2D eigenvalue weighted by atomic mass is 16.5. The molecule has 0 radical (unpaired) electrons. The van der Waals surface area contributed by atoms with Crippen molar-refractivity contribution in [3.63, 3.8) is 0 Å². The van der Waals surface area contributed by atoms with E-state index in [0.717, 1.165) is 29.3 Å². The minimum Gasteiger partial charge on any atom is -0.368 e. The summed E-state index contributed by atoms with van der Waals surface area (Å²) in [5.41, 5.74) is 2.02. The molecule has 1 atom stereocenters. The number of aromatic nitrogens is 1. The molecule has 3 rings (SSSR count). The number of ether oxygens (including phenoxy) is 1. The lowest BCUT2D eigenvalue weighted by molar-refractivity contribution is -0.124. The number of fused-ring (bicyclic) bond motifs is 1. The summed E-state index contributed by atoms with van der Waals surface area (Å²) in [4.78, 5) is 16.4. The van der Waals surface area contributed by atoms with Crippen LogP contribution >= 0.6 is 0 Å².